The van der Waals surface area contributed by atoms with Gasteiger partial charge in [0.25, 0.3) is 5.91 Å². The van der Waals surface area contributed by atoms with Gasteiger partial charge < -0.3 is 9.47 Å². The van der Waals surface area contributed by atoms with Gasteiger partial charge in [-0.3, -0.25) is 4.79 Å². The van der Waals surface area contributed by atoms with Gasteiger partial charge in [0.2, 0.25) is 0 Å². The predicted octanol–water partition coefficient (Wildman–Crippen LogP) is 6.78. The zero-order valence-corrected chi connectivity index (χ0v) is 19.7. The highest BCUT2D eigenvalue weighted by Crippen LogP contribution is 2.38. The molecule has 0 atom stereocenters. The molecule has 0 unspecified atom stereocenters. The minimum Gasteiger partial charge on any atom is -0.490 e. The zero-order chi connectivity index (χ0) is 23.4. The Kier molecular flexibility index (Phi) is 7.02. The van der Waals surface area contributed by atoms with Crippen LogP contribution < -0.4 is 14.5 Å². The van der Waals surface area contributed by atoms with Gasteiger partial charge in [0, 0.05) is 5.02 Å². The first kappa shape index (κ1) is 22.9. The van der Waals surface area contributed by atoms with Gasteiger partial charge in [-0.2, -0.15) is 10.1 Å². The first-order valence-corrected chi connectivity index (χ1v) is 11.2. The van der Waals surface area contributed by atoms with Crippen LogP contribution in [0.3, 0.4) is 0 Å². The molecule has 0 bridgehead atoms. The number of carbonyl (C=O) groups excluding carboxylic acids is 1. The summed E-state index contributed by atoms with van der Waals surface area (Å²) in [5.41, 5.74) is 3.45. The second-order valence-electron chi connectivity index (χ2n) is 7.38. The molecule has 0 fully saturated rings. The maximum absolute atomic E-state index is 13.0. The summed E-state index contributed by atoms with van der Waals surface area (Å²) in [6.07, 6.45) is 1.76. The van der Waals surface area contributed by atoms with E-state index in [4.69, 9.17) is 32.7 Å². The maximum atomic E-state index is 13.0. The number of hydrogen-bond acceptors (Lipinski definition) is 4. The van der Waals surface area contributed by atoms with Crippen molar-refractivity contribution in [1.29, 1.82) is 0 Å². The minimum absolute atomic E-state index is 0.200. The summed E-state index contributed by atoms with van der Waals surface area (Å²) in [7, 11) is 0. The molecule has 1 aliphatic rings. The Morgan fingerprint density at radius 1 is 1.00 bits per heavy atom. The number of halogens is 2. The van der Waals surface area contributed by atoms with E-state index in [0.717, 1.165) is 5.56 Å². The molecule has 0 saturated carbocycles. The van der Waals surface area contributed by atoms with Gasteiger partial charge in [-0.25, -0.2) is 0 Å². The smallest absolute Gasteiger partial charge is 0.280 e. The average molecular weight is 481 g/mol. The molecular weight excluding hydrogens is 459 g/mol. The van der Waals surface area contributed by atoms with E-state index >= 15 is 0 Å². The fourth-order valence-electron chi connectivity index (χ4n) is 3.45. The molecule has 168 valence electrons. The molecular formula is C26H22Cl2N2O3. The van der Waals surface area contributed by atoms with Crippen molar-refractivity contribution in [3.8, 4) is 11.5 Å². The third-order valence-corrected chi connectivity index (χ3v) is 5.49. The van der Waals surface area contributed by atoms with Crippen molar-refractivity contribution in [3.05, 3.63) is 93.5 Å². The van der Waals surface area contributed by atoms with E-state index in [1.165, 1.54) is 5.01 Å². The number of ether oxygens (including phenoxy) is 2. The molecule has 0 aliphatic carbocycles. The standard InChI is InChI=1S/C26H22Cl2N2O3/c1-3-32-24-15-19(14-23(28)25(24)33-16-18-8-7-9-20(27)12-18)13-22-17(2)29-30(26(22)31)21-10-5-4-6-11-21/h4-15H,3,16H2,1-2H3/b22-13+. The molecule has 0 saturated heterocycles. The molecule has 5 nitrogen and oxygen atoms in total. The van der Waals surface area contributed by atoms with E-state index in [-0.39, 0.29) is 12.5 Å². The first-order valence-electron chi connectivity index (χ1n) is 10.5. The molecule has 0 N–H and O–H groups in total. The quantitative estimate of drug-likeness (QED) is 0.350. The van der Waals surface area contributed by atoms with Crippen LogP contribution in [0.15, 0.2) is 77.4 Å². The minimum atomic E-state index is -0.200. The van der Waals surface area contributed by atoms with Crippen molar-refractivity contribution < 1.29 is 14.3 Å². The lowest BCUT2D eigenvalue weighted by atomic mass is 10.1. The number of carbonyl (C=O) groups is 1. The van der Waals surface area contributed by atoms with E-state index in [1.54, 1.807) is 31.2 Å². The summed E-state index contributed by atoms with van der Waals surface area (Å²) in [6, 6.07) is 20.3. The molecule has 1 amide bonds. The van der Waals surface area contributed by atoms with Crippen molar-refractivity contribution in [2.45, 2.75) is 20.5 Å². The van der Waals surface area contributed by atoms with Crippen molar-refractivity contribution in [2.75, 3.05) is 11.6 Å². The molecule has 7 heteroatoms. The lowest BCUT2D eigenvalue weighted by Crippen LogP contribution is -2.21. The van der Waals surface area contributed by atoms with Crippen LogP contribution >= 0.6 is 23.2 Å². The molecule has 1 aliphatic heterocycles. The molecule has 3 aromatic rings. The lowest BCUT2D eigenvalue weighted by Gasteiger charge is -2.15. The predicted molar refractivity (Wildman–Crippen MR) is 133 cm³/mol. The monoisotopic (exact) mass is 480 g/mol. The van der Waals surface area contributed by atoms with Crippen LogP contribution in [-0.4, -0.2) is 18.2 Å². The fourth-order valence-corrected chi connectivity index (χ4v) is 3.94. The van der Waals surface area contributed by atoms with Crippen LogP contribution in [-0.2, 0) is 11.4 Å². The van der Waals surface area contributed by atoms with Crippen LogP contribution in [0.1, 0.15) is 25.0 Å². The topological polar surface area (TPSA) is 51.1 Å². The maximum Gasteiger partial charge on any atom is 0.280 e. The van der Waals surface area contributed by atoms with Crippen molar-refractivity contribution >= 4 is 46.6 Å². The Morgan fingerprint density at radius 3 is 2.52 bits per heavy atom. The summed E-state index contributed by atoms with van der Waals surface area (Å²) in [5, 5.41) is 6.84. The summed E-state index contributed by atoms with van der Waals surface area (Å²) in [5.74, 6) is 0.739. The van der Waals surface area contributed by atoms with Gasteiger partial charge in [0.05, 0.1) is 28.6 Å². The molecule has 3 aromatic carbocycles. The number of anilines is 1. The Balaban J connectivity index is 1.61. The van der Waals surface area contributed by atoms with Gasteiger partial charge in [-0.15, -0.1) is 0 Å². The molecule has 0 spiro atoms. The van der Waals surface area contributed by atoms with Gasteiger partial charge in [0.1, 0.15) is 6.61 Å². The number of hydrazone groups is 1. The molecule has 0 radical (unpaired) electrons. The third-order valence-electron chi connectivity index (χ3n) is 4.98. The highest BCUT2D eigenvalue weighted by molar-refractivity contribution is 6.33. The molecule has 1 heterocycles. The van der Waals surface area contributed by atoms with Crippen molar-refractivity contribution in [2.24, 2.45) is 5.10 Å². The Bertz CT molecular complexity index is 1240. The van der Waals surface area contributed by atoms with E-state index in [1.807, 2.05) is 55.5 Å². The number of benzene rings is 3. The van der Waals surface area contributed by atoms with E-state index in [2.05, 4.69) is 5.10 Å². The Hall–Kier alpha value is -3.28. The highest BCUT2D eigenvalue weighted by Gasteiger charge is 2.28. The Labute approximate surface area is 202 Å². The Morgan fingerprint density at radius 2 is 1.79 bits per heavy atom. The lowest BCUT2D eigenvalue weighted by molar-refractivity contribution is -0.114. The normalized spacial score (nSPS) is 14.5. The van der Waals surface area contributed by atoms with Crippen LogP contribution in [0.25, 0.3) is 6.08 Å². The number of amides is 1. The number of nitrogens with zero attached hydrogens (tertiary/aromatic N) is 2. The second kappa shape index (κ2) is 10.1. The van der Waals surface area contributed by atoms with Crippen LogP contribution in [0.2, 0.25) is 10.0 Å². The van der Waals surface area contributed by atoms with E-state index in [0.29, 0.717) is 50.7 Å². The summed E-state index contributed by atoms with van der Waals surface area (Å²) >= 11 is 12.6. The first-order chi connectivity index (χ1) is 16.0. The number of rotatable bonds is 7. The van der Waals surface area contributed by atoms with Crippen LogP contribution in [0.4, 0.5) is 5.69 Å². The number of para-hydroxylation sites is 1. The highest BCUT2D eigenvalue weighted by atomic mass is 35.5. The van der Waals surface area contributed by atoms with Crippen LogP contribution in [0, 0.1) is 0 Å². The van der Waals surface area contributed by atoms with Gasteiger partial charge >= 0.3 is 0 Å². The van der Waals surface area contributed by atoms with Crippen molar-refractivity contribution in [3.63, 3.8) is 0 Å². The summed E-state index contributed by atoms with van der Waals surface area (Å²) in [4.78, 5) is 13.0. The zero-order valence-electron chi connectivity index (χ0n) is 18.2. The van der Waals surface area contributed by atoms with Gasteiger partial charge in [0.15, 0.2) is 11.5 Å². The van der Waals surface area contributed by atoms with E-state index < -0.39 is 0 Å². The summed E-state index contributed by atoms with van der Waals surface area (Å²) in [6.45, 7) is 4.41. The van der Waals surface area contributed by atoms with Crippen LogP contribution in [0.5, 0.6) is 11.5 Å². The fraction of sp³-hybridized carbons (Fsp3) is 0.154. The van der Waals surface area contributed by atoms with Gasteiger partial charge in [-0.1, -0.05) is 53.5 Å². The molecule has 0 aromatic heterocycles. The SMILES string of the molecule is CCOc1cc(/C=C2/C(=O)N(c3ccccc3)N=C2C)cc(Cl)c1OCc1cccc(Cl)c1. The van der Waals surface area contributed by atoms with Gasteiger partial charge in [-0.05, 0) is 67.4 Å². The number of hydrogen-bond donors (Lipinski definition) is 0. The summed E-state index contributed by atoms with van der Waals surface area (Å²) < 4.78 is 11.8. The molecule has 4 rings (SSSR count). The largest absolute Gasteiger partial charge is 0.490 e. The third kappa shape index (κ3) is 5.21. The molecule has 33 heavy (non-hydrogen) atoms. The average Bonchev–Trinajstić information content (AvgIpc) is 3.08. The van der Waals surface area contributed by atoms with E-state index in [9.17, 15) is 4.79 Å². The van der Waals surface area contributed by atoms with Crippen molar-refractivity contribution in [1.82, 2.24) is 0 Å². The second-order valence-corrected chi connectivity index (χ2v) is 8.22.